The van der Waals surface area contributed by atoms with Gasteiger partial charge in [0.05, 0.1) is 24.9 Å². The molecule has 9 nitrogen and oxygen atoms in total. The van der Waals surface area contributed by atoms with Gasteiger partial charge in [0.15, 0.2) is 16.4 Å². The molecule has 2 heterocycles. The lowest BCUT2D eigenvalue weighted by molar-refractivity contribution is -0.255. The van der Waals surface area contributed by atoms with Crippen LogP contribution in [0.5, 0.6) is 0 Å². The highest BCUT2D eigenvalue weighted by Crippen LogP contribution is 2.48. The number of aromatic nitrogens is 2. The molecule has 0 radical (unpaired) electrons. The smallest absolute Gasteiger partial charge is 0.315 e. The standard InChI is InChI=1S/C39H40N4O5S2/c1-25(45)33(21-27-9-5-3-6-10-27)41-38(46)40-22-28-13-19-32(20-14-28)37-47-34(24-49-39-43-42-26(2)50-39)35(30-11-7-4-8-12-30)36(48-37)31-17-15-29(23-44)16-18-31/h3-20,33-37,44H,21-24H2,1-2H3,(H2,40,41,46). The maximum absolute atomic E-state index is 12.8. The van der Waals surface area contributed by atoms with Crippen molar-refractivity contribution < 1.29 is 24.2 Å². The van der Waals surface area contributed by atoms with Gasteiger partial charge in [0.1, 0.15) is 5.01 Å². The molecule has 1 aliphatic heterocycles. The molecule has 0 bridgehead atoms. The Hall–Kier alpha value is -4.39. The van der Waals surface area contributed by atoms with Crippen LogP contribution < -0.4 is 10.6 Å². The fraction of sp³-hybridized carbons (Fsp3) is 0.282. The average molecular weight is 709 g/mol. The van der Waals surface area contributed by atoms with Crippen molar-refractivity contribution in [2.75, 3.05) is 5.75 Å². The van der Waals surface area contributed by atoms with Crippen molar-refractivity contribution in [2.45, 2.75) is 68.2 Å². The molecule has 5 atom stereocenters. The predicted octanol–water partition coefficient (Wildman–Crippen LogP) is 7.07. The summed E-state index contributed by atoms with van der Waals surface area (Å²) in [5.74, 6) is 0.423. The van der Waals surface area contributed by atoms with Gasteiger partial charge in [-0.05, 0) is 48.1 Å². The molecular weight excluding hydrogens is 669 g/mol. The number of carbonyl (C=O) groups excluding carboxylic acids is 2. The van der Waals surface area contributed by atoms with Crippen LogP contribution in [-0.2, 0) is 33.8 Å². The highest BCUT2D eigenvalue weighted by molar-refractivity contribution is 8.01. The fourth-order valence-electron chi connectivity index (χ4n) is 5.97. The van der Waals surface area contributed by atoms with Gasteiger partial charge in [-0.15, -0.1) is 10.2 Å². The third kappa shape index (κ3) is 9.23. The van der Waals surface area contributed by atoms with Gasteiger partial charge in [0.2, 0.25) is 0 Å². The molecule has 4 aromatic carbocycles. The molecule has 258 valence electrons. The van der Waals surface area contributed by atoms with E-state index in [0.717, 1.165) is 42.7 Å². The monoisotopic (exact) mass is 708 g/mol. The van der Waals surface area contributed by atoms with Crippen molar-refractivity contribution in [1.82, 2.24) is 20.8 Å². The number of nitrogens with one attached hydrogen (secondary N) is 2. The second kappa shape index (κ2) is 17.0. The number of amides is 2. The van der Waals surface area contributed by atoms with Crippen LogP contribution in [0.15, 0.2) is 114 Å². The summed E-state index contributed by atoms with van der Waals surface area (Å²) in [4.78, 5) is 25.0. The summed E-state index contributed by atoms with van der Waals surface area (Å²) in [6.45, 7) is 3.68. The number of rotatable bonds is 13. The van der Waals surface area contributed by atoms with Crippen LogP contribution in [0.3, 0.4) is 0 Å². The van der Waals surface area contributed by atoms with E-state index in [1.54, 1.807) is 23.1 Å². The summed E-state index contributed by atoms with van der Waals surface area (Å²) in [6, 6.07) is 34.6. The number of benzene rings is 4. The maximum Gasteiger partial charge on any atom is 0.315 e. The molecule has 1 aliphatic rings. The fourth-order valence-corrected chi connectivity index (χ4v) is 7.88. The van der Waals surface area contributed by atoms with E-state index < -0.39 is 18.4 Å². The lowest BCUT2D eigenvalue weighted by atomic mass is 9.84. The van der Waals surface area contributed by atoms with Crippen LogP contribution in [0.4, 0.5) is 4.79 Å². The number of hydrogen-bond acceptors (Lipinski definition) is 9. The van der Waals surface area contributed by atoms with E-state index >= 15 is 0 Å². The first-order valence-electron chi connectivity index (χ1n) is 16.5. The highest BCUT2D eigenvalue weighted by atomic mass is 32.2. The molecule has 50 heavy (non-hydrogen) atoms. The lowest BCUT2D eigenvalue weighted by Gasteiger charge is -2.43. The van der Waals surface area contributed by atoms with E-state index in [1.807, 2.05) is 104 Å². The van der Waals surface area contributed by atoms with E-state index in [1.165, 1.54) is 6.92 Å². The van der Waals surface area contributed by atoms with Crippen LogP contribution >= 0.6 is 23.1 Å². The third-order valence-electron chi connectivity index (χ3n) is 8.63. The zero-order valence-corrected chi connectivity index (χ0v) is 29.5. The topological polar surface area (TPSA) is 123 Å². The molecule has 1 fully saturated rings. The molecule has 0 aliphatic carbocycles. The summed E-state index contributed by atoms with van der Waals surface area (Å²) in [5, 5.41) is 24.8. The number of ketones is 1. The number of thioether (sulfide) groups is 1. The number of aryl methyl sites for hydroxylation is 1. The first-order chi connectivity index (χ1) is 24.4. The van der Waals surface area contributed by atoms with E-state index in [2.05, 4.69) is 33.0 Å². The van der Waals surface area contributed by atoms with Crippen LogP contribution in [-0.4, -0.2) is 45.0 Å². The summed E-state index contributed by atoms with van der Waals surface area (Å²) in [7, 11) is 0. The van der Waals surface area contributed by atoms with Crippen molar-refractivity contribution in [1.29, 1.82) is 0 Å². The minimum absolute atomic E-state index is 0.0337. The third-order valence-corrected chi connectivity index (χ3v) is 10.7. The molecule has 6 rings (SSSR count). The van der Waals surface area contributed by atoms with Crippen molar-refractivity contribution >= 4 is 34.9 Å². The van der Waals surface area contributed by atoms with Gasteiger partial charge in [-0.25, -0.2) is 4.79 Å². The average Bonchev–Trinajstić information content (AvgIpc) is 3.58. The Morgan fingerprint density at radius 2 is 1.48 bits per heavy atom. The van der Waals surface area contributed by atoms with Crippen molar-refractivity contribution in [3.63, 3.8) is 0 Å². The van der Waals surface area contributed by atoms with E-state index in [9.17, 15) is 14.7 Å². The number of nitrogens with zero attached hydrogens (tertiary/aromatic N) is 2. The van der Waals surface area contributed by atoms with Crippen LogP contribution in [0.2, 0.25) is 0 Å². The van der Waals surface area contributed by atoms with Gasteiger partial charge in [-0.1, -0.05) is 132 Å². The largest absolute Gasteiger partial charge is 0.392 e. The van der Waals surface area contributed by atoms with Gasteiger partial charge >= 0.3 is 6.03 Å². The molecular formula is C39H40N4O5S2. The van der Waals surface area contributed by atoms with Gasteiger partial charge in [-0.3, -0.25) is 4.79 Å². The van der Waals surface area contributed by atoms with Crippen LogP contribution in [0.25, 0.3) is 0 Å². The van der Waals surface area contributed by atoms with Crippen molar-refractivity contribution in [3.05, 3.63) is 148 Å². The first kappa shape index (κ1) is 35.4. The van der Waals surface area contributed by atoms with Crippen LogP contribution in [0, 0.1) is 6.92 Å². The second-order valence-electron chi connectivity index (χ2n) is 12.2. The normalized spacial score (nSPS) is 19.4. The Morgan fingerprint density at radius 3 is 2.12 bits per heavy atom. The second-order valence-corrected chi connectivity index (χ2v) is 14.7. The summed E-state index contributed by atoms with van der Waals surface area (Å²) in [5.41, 5.74) is 5.65. The van der Waals surface area contributed by atoms with E-state index in [-0.39, 0.29) is 37.1 Å². The zero-order chi connectivity index (χ0) is 34.9. The molecule has 1 aromatic heterocycles. The number of aliphatic hydroxyl groups is 1. The molecule has 0 spiro atoms. The van der Waals surface area contributed by atoms with Crippen molar-refractivity contribution in [2.24, 2.45) is 0 Å². The lowest BCUT2D eigenvalue weighted by Crippen LogP contribution is -2.46. The molecule has 0 saturated carbocycles. The molecule has 11 heteroatoms. The van der Waals surface area contributed by atoms with Gasteiger partial charge in [0, 0.05) is 23.8 Å². The molecule has 3 N–H and O–H groups in total. The first-order valence-corrected chi connectivity index (χ1v) is 18.3. The number of Topliss-reactive ketones (excluding diaryl/α,β-unsaturated/α-hetero) is 1. The molecule has 5 aromatic rings. The Labute approximate surface area is 300 Å². The zero-order valence-electron chi connectivity index (χ0n) is 27.9. The minimum atomic E-state index is -0.654. The number of aliphatic hydroxyl groups excluding tert-OH is 1. The molecule has 1 saturated heterocycles. The number of urea groups is 1. The van der Waals surface area contributed by atoms with E-state index in [4.69, 9.17) is 9.47 Å². The quantitative estimate of drug-likeness (QED) is 0.111. The maximum atomic E-state index is 12.8. The SMILES string of the molecule is CC(=O)C(Cc1ccccc1)NC(=O)NCc1ccc(C2OC(CSc3nnc(C)s3)C(c3ccccc3)C(c3ccc(CO)cc3)O2)cc1. The Morgan fingerprint density at radius 1 is 0.820 bits per heavy atom. The van der Waals surface area contributed by atoms with Gasteiger partial charge in [0.25, 0.3) is 0 Å². The summed E-state index contributed by atoms with van der Waals surface area (Å²) < 4.78 is 14.5. The highest BCUT2D eigenvalue weighted by Gasteiger charge is 2.42. The van der Waals surface area contributed by atoms with Crippen LogP contribution in [0.1, 0.15) is 63.6 Å². The Balaban J connectivity index is 1.18. The minimum Gasteiger partial charge on any atom is -0.392 e. The number of hydrogen-bond donors (Lipinski definition) is 3. The van der Waals surface area contributed by atoms with E-state index in [0.29, 0.717) is 12.2 Å². The molecule has 2 amide bonds. The number of carbonyl (C=O) groups is 2. The van der Waals surface area contributed by atoms with Gasteiger partial charge < -0.3 is 25.2 Å². The summed E-state index contributed by atoms with van der Waals surface area (Å²) in [6.07, 6.45) is -0.792. The summed E-state index contributed by atoms with van der Waals surface area (Å²) >= 11 is 3.19. The molecule has 5 unspecified atom stereocenters. The number of ether oxygens (including phenoxy) is 2. The van der Waals surface area contributed by atoms with Crippen molar-refractivity contribution in [3.8, 4) is 0 Å². The Kier molecular flexibility index (Phi) is 12.1. The Bertz CT molecular complexity index is 1840. The predicted molar refractivity (Wildman–Crippen MR) is 195 cm³/mol. The van der Waals surface area contributed by atoms with Gasteiger partial charge in [-0.2, -0.15) is 0 Å².